The summed E-state index contributed by atoms with van der Waals surface area (Å²) >= 11 is 0. The van der Waals surface area contributed by atoms with Crippen molar-refractivity contribution in [3.05, 3.63) is 35.9 Å². The lowest BCUT2D eigenvalue weighted by atomic mass is 10.1. The number of nitrogens with one attached hydrogen (secondary N) is 1. The molecule has 0 aliphatic carbocycles. The fourth-order valence-electron chi connectivity index (χ4n) is 2.56. The first-order valence-electron chi connectivity index (χ1n) is 8.15. The molecule has 1 unspecified atom stereocenters. The summed E-state index contributed by atoms with van der Waals surface area (Å²) < 4.78 is 36.5. The second-order valence-electron chi connectivity index (χ2n) is 5.47. The molecule has 1 aromatic carbocycles. The number of hydrogen-bond acceptors (Lipinski definition) is 4. The summed E-state index contributed by atoms with van der Waals surface area (Å²) in [7, 11) is 2.83. The van der Waals surface area contributed by atoms with Crippen molar-refractivity contribution in [2.24, 2.45) is 0 Å². The van der Waals surface area contributed by atoms with Gasteiger partial charge < -0.3 is 14.8 Å². The lowest BCUT2D eigenvalue weighted by molar-refractivity contribution is -0.121. The summed E-state index contributed by atoms with van der Waals surface area (Å²) in [5, 5.41) is 2.70. The van der Waals surface area contributed by atoms with E-state index in [1.165, 1.54) is 32.6 Å². The van der Waals surface area contributed by atoms with Crippen LogP contribution < -0.4 is 10.1 Å². The molecule has 7 heteroatoms. The molecule has 0 heterocycles. The summed E-state index contributed by atoms with van der Waals surface area (Å²) in [6, 6.07) is 3.76. The third kappa shape index (κ3) is 6.01. The summed E-state index contributed by atoms with van der Waals surface area (Å²) in [6.07, 6.45) is 1.89. The van der Waals surface area contributed by atoms with Crippen LogP contribution in [0.4, 0.5) is 14.5 Å². The van der Waals surface area contributed by atoms with Gasteiger partial charge in [0.25, 0.3) is 0 Å². The zero-order valence-corrected chi connectivity index (χ0v) is 15.1. The molecule has 25 heavy (non-hydrogen) atoms. The van der Waals surface area contributed by atoms with Crippen LogP contribution in [0.3, 0.4) is 0 Å². The van der Waals surface area contributed by atoms with Crippen LogP contribution in [-0.2, 0) is 9.53 Å². The highest BCUT2D eigenvalue weighted by atomic mass is 19.1. The Bertz CT molecular complexity index is 594. The van der Waals surface area contributed by atoms with E-state index in [1.54, 1.807) is 6.07 Å². The first-order chi connectivity index (χ1) is 12.0. The lowest BCUT2D eigenvalue weighted by Gasteiger charge is -2.29. The number of likely N-dealkylation sites (N-methyl/N-ethyl adjacent to an activating group) is 1. The van der Waals surface area contributed by atoms with Crippen LogP contribution in [-0.4, -0.2) is 50.8 Å². The van der Waals surface area contributed by atoms with Gasteiger partial charge in [-0.15, -0.1) is 0 Å². The minimum Gasteiger partial charge on any atom is -0.504 e. The van der Waals surface area contributed by atoms with Gasteiger partial charge in [-0.2, -0.15) is 0 Å². The van der Waals surface area contributed by atoms with E-state index >= 15 is 0 Å². The van der Waals surface area contributed by atoms with E-state index in [9.17, 15) is 13.6 Å². The molecule has 0 saturated carbocycles. The number of rotatable bonds is 10. The molecule has 1 amide bonds. The normalized spacial score (nSPS) is 12.8. The minimum absolute atomic E-state index is 0.109. The second kappa shape index (κ2) is 10.7. The monoisotopic (exact) mass is 356 g/mol. The van der Waals surface area contributed by atoms with Gasteiger partial charge in [0.1, 0.15) is 6.67 Å². The molecule has 0 bridgehead atoms. The Morgan fingerprint density at radius 1 is 1.36 bits per heavy atom. The molecule has 0 aromatic heterocycles. The number of benzene rings is 1. The van der Waals surface area contributed by atoms with Crippen molar-refractivity contribution in [1.29, 1.82) is 0 Å². The van der Waals surface area contributed by atoms with Crippen LogP contribution >= 0.6 is 0 Å². The predicted octanol–water partition coefficient (Wildman–Crippen LogP) is 3.37. The van der Waals surface area contributed by atoms with Gasteiger partial charge in [0.05, 0.1) is 26.5 Å². The maximum Gasteiger partial charge on any atom is 0.241 e. The number of carbonyl (C=O) groups excluding carboxylic acids is 1. The van der Waals surface area contributed by atoms with E-state index < -0.39 is 18.5 Å². The fraction of sp³-hybridized carbons (Fsp3) is 0.500. The van der Waals surface area contributed by atoms with Crippen LogP contribution in [0.5, 0.6) is 5.75 Å². The first-order valence-corrected chi connectivity index (χ1v) is 8.15. The van der Waals surface area contributed by atoms with Crippen LogP contribution in [0, 0.1) is 5.82 Å². The molecule has 0 spiro atoms. The largest absolute Gasteiger partial charge is 0.504 e. The Morgan fingerprint density at radius 2 is 2.08 bits per heavy atom. The fourth-order valence-corrected chi connectivity index (χ4v) is 2.56. The number of nitrogens with zero attached hydrogens (tertiary/aromatic N) is 1. The van der Waals surface area contributed by atoms with Crippen LogP contribution in [0.25, 0.3) is 0 Å². The van der Waals surface area contributed by atoms with Crippen molar-refractivity contribution >= 4 is 11.6 Å². The van der Waals surface area contributed by atoms with Gasteiger partial charge in [-0.25, -0.2) is 8.78 Å². The Balaban J connectivity index is 2.87. The van der Waals surface area contributed by atoms with Gasteiger partial charge in [0, 0.05) is 23.9 Å². The number of anilines is 1. The standard InChI is InChI=1S/C18H26F2N2O3/c1-5-16(22(6-2)11-13(10-19)12-24-3)18(23)21-14-7-8-17(25-4)15(20)9-14/h7-9,12,16H,5-6,10-11H2,1-4H3,(H,21,23)/b13-12-. The van der Waals surface area contributed by atoms with Crippen molar-refractivity contribution in [1.82, 2.24) is 4.90 Å². The molecule has 0 aliphatic heterocycles. The number of ether oxygens (including phenoxy) is 2. The van der Waals surface area contributed by atoms with Gasteiger partial charge >= 0.3 is 0 Å². The van der Waals surface area contributed by atoms with Crippen molar-refractivity contribution in [3.63, 3.8) is 0 Å². The number of carbonyl (C=O) groups is 1. The number of hydrogen-bond donors (Lipinski definition) is 1. The maximum absolute atomic E-state index is 13.8. The highest BCUT2D eigenvalue weighted by Gasteiger charge is 2.24. The van der Waals surface area contributed by atoms with Crippen molar-refractivity contribution < 1.29 is 23.0 Å². The number of halogens is 2. The SMILES string of the molecule is CCC(C(=O)Nc1ccc(OC)c(F)c1)N(CC)C/C(=C\OC)CF. The Hall–Kier alpha value is -2.15. The van der Waals surface area contributed by atoms with Crippen molar-refractivity contribution in [2.45, 2.75) is 26.3 Å². The van der Waals surface area contributed by atoms with E-state index in [0.717, 1.165) is 0 Å². The summed E-state index contributed by atoms with van der Waals surface area (Å²) in [5.41, 5.74) is 0.794. The molecule has 1 rings (SSSR count). The van der Waals surface area contributed by atoms with Crippen LogP contribution in [0.1, 0.15) is 20.3 Å². The molecule has 0 aliphatic rings. The Labute approximate surface area is 147 Å². The molecular weight excluding hydrogens is 330 g/mol. The maximum atomic E-state index is 13.8. The third-order valence-corrected chi connectivity index (χ3v) is 3.82. The molecule has 1 aromatic rings. The quantitative estimate of drug-likeness (QED) is 0.653. The zero-order valence-electron chi connectivity index (χ0n) is 15.1. The summed E-state index contributed by atoms with van der Waals surface area (Å²) in [5.74, 6) is -0.717. The number of alkyl halides is 1. The summed E-state index contributed by atoms with van der Waals surface area (Å²) in [4.78, 5) is 14.4. The van der Waals surface area contributed by atoms with Gasteiger partial charge in [-0.05, 0) is 25.1 Å². The van der Waals surface area contributed by atoms with Gasteiger partial charge in [-0.1, -0.05) is 13.8 Å². The van der Waals surface area contributed by atoms with Gasteiger partial charge in [-0.3, -0.25) is 9.69 Å². The molecule has 1 atom stereocenters. The molecule has 0 radical (unpaired) electrons. The average molecular weight is 356 g/mol. The highest BCUT2D eigenvalue weighted by Crippen LogP contribution is 2.21. The predicted molar refractivity (Wildman–Crippen MR) is 94.0 cm³/mol. The van der Waals surface area contributed by atoms with Crippen molar-refractivity contribution in [2.75, 3.05) is 39.3 Å². The molecule has 140 valence electrons. The zero-order chi connectivity index (χ0) is 18.8. The number of amides is 1. The van der Waals surface area contributed by atoms with Crippen molar-refractivity contribution in [3.8, 4) is 5.75 Å². The Kier molecular flexibility index (Phi) is 8.91. The highest BCUT2D eigenvalue weighted by molar-refractivity contribution is 5.94. The minimum atomic E-state index is -0.647. The van der Waals surface area contributed by atoms with E-state index in [2.05, 4.69) is 5.32 Å². The van der Waals surface area contributed by atoms with Gasteiger partial charge in [0.15, 0.2) is 11.6 Å². The van der Waals surface area contributed by atoms with E-state index in [-0.39, 0.29) is 18.2 Å². The van der Waals surface area contributed by atoms with Crippen LogP contribution in [0.2, 0.25) is 0 Å². The smallest absolute Gasteiger partial charge is 0.241 e. The van der Waals surface area contributed by atoms with Gasteiger partial charge in [0.2, 0.25) is 5.91 Å². The average Bonchev–Trinajstić information content (AvgIpc) is 2.60. The molecule has 5 nitrogen and oxygen atoms in total. The third-order valence-electron chi connectivity index (χ3n) is 3.82. The first kappa shape index (κ1) is 20.9. The summed E-state index contributed by atoms with van der Waals surface area (Å²) in [6.45, 7) is 3.96. The second-order valence-corrected chi connectivity index (χ2v) is 5.47. The topological polar surface area (TPSA) is 50.8 Å². The molecule has 1 N–H and O–H groups in total. The molecule has 0 fully saturated rings. The number of methoxy groups -OCH3 is 2. The van der Waals surface area contributed by atoms with Crippen LogP contribution in [0.15, 0.2) is 30.0 Å². The Morgan fingerprint density at radius 3 is 2.56 bits per heavy atom. The molecule has 0 saturated heterocycles. The molecular formula is C18H26F2N2O3. The van der Waals surface area contributed by atoms with E-state index in [1.807, 2.05) is 18.7 Å². The lowest BCUT2D eigenvalue weighted by Crippen LogP contribution is -2.44. The van der Waals surface area contributed by atoms with E-state index in [0.29, 0.717) is 24.2 Å². The van der Waals surface area contributed by atoms with E-state index in [4.69, 9.17) is 9.47 Å².